The molecule has 0 aliphatic heterocycles. The van der Waals surface area contributed by atoms with E-state index < -0.39 is 11.8 Å². The monoisotopic (exact) mass is 256 g/mol. The Hall–Kier alpha value is -0.835. The van der Waals surface area contributed by atoms with Gasteiger partial charge >= 0.3 is 5.97 Å². The highest BCUT2D eigenvalue weighted by Gasteiger charge is 2.15. The van der Waals surface area contributed by atoms with Crippen LogP contribution in [0.5, 0.6) is 0 Å². The summed E-state index contributed by atoms with van der Waals surface area (Å²) in [6.07, 6.45) is 0. The first-order valence-electron chi connectivity index (χ1n) is 3.82. The molecule has 0 fully saturated rings. The molecule has 0 N–H and O–H groups in total. The van der Waals surface area contributed by atoms with Crippen LogP contribution in [-0.4, -0.2) is 20.9 Å². The summed E-state index contributed by atoms with van der Waals surface area (Å²) >= 11 is 3.09. The Morgan fingerprint density at radius 3 is 2.79 bits per heavy atom. The van der Waals surface area contributed by atoms with Crippen molar-refractivity contribution in [1.29, 1.82) is 0 Å². The number of methoxy groups -OCH3 is 1. The van der Waals surface area contributed by atoms with Gasteiger partial charge in [-0.05, 0) is 6.07 Å². The van der Waals surface area contributed by atoms with Crippen molar-refractivity contribution in [3.63, 3.8) is 0 Å². The zero-order valence-corrected chi connectivity index (χ0v) is 9.10. The van der Waals surface area contributed by atoms with Gasteiger partial charge in [-0.15, -0.1) is 0 Å². The first kappa shape index (κ1) is 11.2. The summed E-state index contributed by atoms with van der Waals surface area (Å²) in [6.45, 7) is 0. The number of hydrogen-bond donors (Lipinski definition) is 0. The van der Waals surface area contributed by atoms with Crippen LogP contribution >= 0.6 is 15.9 Å². The number of ether oxygens (including phenoxy) is 1. The van der Waals surface area contributed by atoms with E-state index in [9.17, 15) is 9.18 Å². The number of benzene rings is 1. The molecule has 14 heavy (non-hydrogen) atoms. The van der Waals surface area contributed by atoms with Crippen LogP contribution in [0.15, 0.2) is 12.1 Å². The van der Waals surface area contributed by atoms with E-state index in [2.05, 4.69) is 20.7 Å². The quantitative estimate of drug-likeness (QED) is 0.453. The number of halogens is 2. The van der Waals surface area contributed by atoms with E-state index in [0.29, 0.717) is 0 Å². The second kappa shape index (κ2) is 4.60. The average molecular weight is 257 g/mol. The van der Waals surface area contributed by atoms with E-state index in [1.54, 1.807) is 0 Å². The zero-order valence-electron chi connectivity index (χ0n) is 7.51. The zero-order chi connectivity index (χ0) is 10.7. The van der Waals surface area contributed by atoms with Crippen LogP contribution in [0, 0.1) is 5.82 Å². The van der Waals surface area contributed by atoms with Crippen LogP contribution in [0.25, 0.3) is 0 Å². The summed E-state index contributed by atoms with van der Waals surface area (Å²) in [4.78, 5) is 11.2. The minimum Gasteiger partial charge on any atom is -0.465 e. The van der Waals surface area contributed by atoms with Crippen LogP contribution in [0.1, 0.15) is 15.9 Å². The summed E-state index contributed by atoms with van der Waals surface area (Å²) in [5, 5.41) is 0.240. The third-order valence-corrected chi connectivity index (χ3v) is 2.32. The van der Waals surface area contributed by atoms with Gasteiger partial charge in [0, 0.05) is 10.9 Å². The lowest BCUT2D eigenvalue weighted by atomic mass is 9.92. The molecular formula is C9H7BBrFO2. The van der Waals surface area contributed by atoms with Crippen molar-refractivity contribution in [2.45, 2.75) is 5.33 Å². The number of alkyl halides is 1. The van der Waals surface area contributed by atoms with Gasteiger partial charge in [-0.1, -0.05) is 27.5 Å². The van der Waals surface area contributed by atoms with Crippen LogP contribution in [0.3, 0.4) is 0 Å². The SMILES string of the molecule is [B]c1cc(F)c(CBr)c(C(=O)OC)c1. The molecule has 1 aromatic rings. The second-order valence-corrected chi connectivity index (χ2v) is 3.21. The third-order valence-electron chi connectivity index (χ3n) is 1.76. The van der Waals surface area contributed by atoms with Gasteiger partial charge in [-0.2, -0.15) is 0 Å². The molecule has 0 saturated heterocycles. The first-order chi connectivity index (χ1) is 6.60. The van der Waals surface area contributed by atoms with Gasteiger partial charge in [0.25, 0.3) is 0 Å². The predicted octanol–water partition coefficient (Wildman–Crippen LogP) is 1.30. The van der Waals surface area contributed by atoms with Crippen molar-refractivity contribution in [3.8, 4) is 0 Å². The highest BCUT2D eigenvalue weighted by Crippen LogP contribution is 2.16. The summed E-state index contributed by atoms with van der Waals surface area (Å²) in [6, 6.07) is 2.56. The van der Waals surface area contributed by atoms with Crippen LogP contribution in [0.2, 0.25) is 0 Å². The molecule has 0 aliphatic rings. The number of rotatable bonds is 2. The van der Waals surface area contributed by atoms with Crippen molar-refractivity contribution in [3.05, 3.63) is 29.1 Å². The number of esters is 1. The van der Waals surface area contributed by atoms with E-state index in [1.807, 2.05) is 0 Å². The van der Waals surface area contributed by atoms with Crippen LogP contribution in [0.4, 0.5) is 4.39 Å². The summed E-state index contributed by atoms with van der Waals surface area (Å²) in [5.74, 6) is -1.10. The molecule has 0 saturated carbocycles. The molecule has 0 atom stereocenters. The Balaban J connectivity index is 3.32. The van der Waals surface area contributed by atoms with Crippen LogP contribution in [-0.2, 0) is 10.1 Å². The fraction of sp³-hybridized carbons (Fsp3) is 0.222. The molecule has 0 bridgehead atoms. The number of carbonyl (C=O) groups excluding carboxylic acids is 1. The molecule has 0 heterocycles. The summed E-state index contributed by atoms with van der Waals surface area (Å²) in [5.41, 5.74) is 0.612. The Bertz CT molecular complexity index is 368. The molecule has 0 aliphatic carbocycles. The third kappa shape index (κ3) is 2.15. The minimum absolute atomic E-state index is 0.155. The largest absolute Gasteiger partial charge is 0.465 e. The Morgan fingerprint density at radius 1 is 1.64 bits per heavy atom. The average Bonchev–Trinajstić information content (AvgIpc) is 2.15. The maximum Gasteiger partial charge on any atom is 0.338 e. The molecule has 0 spiro atoms. The van der Waals surface area contributed by atoms with Gasteiger partial charge < -0.3 is 4.74 Å². The summed E-state index contributed by atoms with van der Waals surface area (Å²) < 4.78 is 17.8. The second-order valence-electron chi connectivity index (χ2n) is 2.65. The highest BCUT2D eigenvalue weighted by atomic mass is 79.9. The molecule has 0 unspecified atom stereocenters. The molecule has 2 radical (unpaired) electrons. The molecule has 0 aromatic heterocycles. The van der Waals surface area contributed by atoms with Crippen molar-refractivity contribution in [2.75, 3.05) is 7.11 Å². The first-order valence-corrected chi connectivity index (χ1v) is 4.94. The normalized spacial score (nSPS) is 9.93. The standard InChI is InChI=1S/C9H7BBrFO2/c1-14-9(13)6-2-5(10)3-8(12)7(6)4-11/h2-3H,4H2,1H3. The van der Waals surface area contributed by atoms with Crippen molar-refractivity contribution in [2.24, 2.45) is 0 Å². The highest BCUT2D eigenvalue weighted by molar-refractivity contribution is 9.08. The molecule has 72 valence electrons. The lowest BCUT2D eigenvalue weighted by Gasteiger charge is -2.07. The minimum atomic E-state index is -0.592. The van der Waals surface area contributed by atoms with Crippen molar-refractivity contribution >= 4 is 35.2 Å². The maximum absolute atomic E-state index is 13.3. The van der Waals surface area contributed by atoms with Gasteiger partial charge in [0.05, 0.1) is 12.7 Å². The molecule has 0 amide bonds. The van der Waals surface area contributed by atoms with E-state index in [4.69, 9.17) is 7.85 Å². The van der Waals surface area contributed by atoms with E-state index in [0.717, 1.165) is 0 Å². The van der Waals surface area contributed by atoms with Crippen LogP contribution < -0.4 is 5.46 Å². The van der Waals surface area contributed by atoms with Gasteiger partial charge in [-0.25, -0.2) is 9.18 Å². The van der Waals surface area contributed by atoms with Crippen molar-refractivity contribution < 1.29 is 13.9 Å². The Kier molecular flexibility index (Phi) is 3.69. The van der Waals surface area contributed by atoms with Gasteiger partial charge in [-0.3, -0.25) is 0 Å². The van der Waals surface area contributed by atoms with Gasteiger partial charge in [0.15, 0.2) is 0 Å². The van der Waals surface area contributed by atoms with Crippen molar-refractivity contribution in [1.82, 2.24) is 0 Å². The Labute approximate surface area is 91.0 Å². The molecule has 1 aromatic carbocycles. The topological polar surface area (TPSA) is 26.3 Å². The molecule has 1 rings (SSSR count). The molecule has 2 nitrogen and oxygen atoms in total. The molecule has 5 heteroatoms. The van der Waals surface area contributed by atoms with E-state index in [1.165, 1.54) is 19.2 Å². The fourth-order valence-corrected chi connectivity index (χ4v) is 1.66. The lowest BCUT2D eigenvalue weighted by Crippen LogP contribution is -2.14. The smallest absolute Gasteiger partial charge is 0.338 e. The summed E-state index contributed by atoms with van der Waals surface area (Å²) in [7, 11) is 6.65. The predicted molar refractivity (Wildman–Crippen MR) is 55.8 cm³/mol. The van der Waals surface area contributed by atoms with E-state index in [-0.39, 0.29) is 21.9 Å². The molecular weight excluding hydrogens is 250 g/mol. The number of carbonyl (C=O) groups is 1. The maximum atomic E-state index is 13.3. The van der Waals surface area contributed by atoms with Gasteiger partial charge in [0.1, 0.15) is 13.7 Å². The Morgan fingerprint density at radius 2 is 2.29 bits per heavy atom. The van der Waals surface area contributed by atoms with E-state index >= 15 is 0 Å². The lowest BCUT2D eigenvalue weighted by molar-refractivity contribution is 0.0599. The van der Waals surface area contributed by atoms with Gasteiger partial charge in [0.2, 0.25) is 0 Å². The fourth-order valence-electron chi connectivity index (χ4n) is 1.09. The number of hydrogen-bond acceptors (Lipinski definition) is 2.